The number of imidazole rings is 1. The van der Waals surface area contributed by atoms with Crippen LogP contribution in [0.4, 0.5) is 17.5 Å². The molecule has 0 saturated carbocycles. The average Bonchev–Trinajstić information content (AvgIpc) is 3.29. The van der Waals surface area contributed by atoms with Gasteiger partial charge in [-0.2, -0.15) is 9.97 Å². The first kappa shape index (κ1) is 25.5. The number of nitrogens with one attached hydrogen (secondary N) is 1. The van der Waals surface area contributed by atoms with Crippen molar-refractivity contribution < 1.29 is 9.53 Å². The summed E-state index contributed by atoms with van der Waals surface area (Å²) in [7, 11) is 3.57. The number of benzene rings is 2. The number of hydrogen-bond acceptors (Lipinski definition) is 7. The van der Waals surface area contributed by atoms with Crippen molar-refractivity contribution in [1.29, 1.82) is 0 Å². The summed E-state index contributed by atoms with van der Waals surface area (Å²) in [6.45, 7) is 11.2. The number of methoxy groups -OCH3 is 1. The van der Waals surface area contributed by atoms with Gasteiger partial charge in [0.15, 0.2) is 11.5 Å². The predicted molar refractivity (Wildman–Crippen MR) is 151 cm³/mol. The normalized spacial score (nSPS) is 14.2. The van der Waals surface area contributed by atoms with Crippen molar-refractivity contribution in [3.63, 3.8) is 0 Å². The van der Waals surface area contributed by atoms with Crippen LogP contribution in [0.2, 0.25) is 0 Å². The van der Waals surface area contributed by atoms with Gasteiger partial charge in [-0.05, 0) is 53.8 Å². The zero-order valence-corrected chi connectivity index (χ0v) is 22.9. The molecule has 2 aromatic carbocycles. The third kappa shape index (κ3) is 5.01. The van der Waals surface area contributed by atoms with Crippen molar-refractivity contribution in [2.24, 2.45) is 7.05 Å². The summed E-state index contributed by atoms with van der Waals surface area (Å²) >= 11 is 0. The summed E-state index contributed by atoms with van der Waals surface area (Å²) in [5, 5.41) is 3.58. The minimum atomic E-state index is 0.0185. The van der Waals surface area contributed by atoms with Gasteiger partial charge in [-0.25, -0.2) is 4.98 Å². The lowest BCUT2D eigenvalue weighted by atomic mass is 9.86. The van der Waals surface area contributed by atoms with Crippen molar-refractivity contribution in [2.45, 2.75) is 33.1 Å². The number of anilines is 3. The number of piperazine rings is 1. The second-order valence-corrected chi connectivity index (χ2v) is 10.8. The molecule has 1 fully saturated rings. The van der Waals surface area contributed by atoms with E-state index < -0.39 is 0 Å². The quantitative estimate of drug-likeness (QED) is 0.414. The first-order chi connectivity index (χ1) is 18.1. The Bertz CT molecular complexity index is 1460. The van der Waals surface area contributed by atoms with E-state index in [1.807, 2.05) is 28.6 Å². The van der Waals surface area contributed by atoms with Crippen LogP contribution in [0.15, 0.2) is 48.8 Å². The lowest BCUT2D eigenvalue weighted by molar-refractivity contribution is 0.0746. The number of aryl methyl sites for hydroxylation is 2. The van der Waals surface area contributed by atoms with Gasteiger partial charge in [0.1, 0.15) is 11.3 Å². The van der Waals surface area contributed by atoms with Crippen molar-refractivity contribution in [1.82, 2.24) is 24.4 Å². The van der Waals surface area contributed by atoms with Crippen LogP contribution in [0.3, 0.4) is 0 Å². The molecule has 1 saturated heterocycles. The highest BCUT2D eigenvalue weighted by Crippen LogP contribution is 2.31. The highest BCUT2D eigenvalue weighted by Gasteiger charge is 2.25. The third-order valence-corrected chi connectivity index (χ3v) is 7.10. The fourth-order valence-electron chi connectivity index (χ4n) is 4.65. The number of amides is 1. The fraction of sp³-hybridized carbons (Fsp3) is 0.379. The summed E-state index contributed by atoms with van der Waals surface area (Å²) in [5.74, 6) is 2.08. The molecule has 0 atom stereocenters. The Labute approximate surface area is 223 Å². The minimum Gasteiger partial charge on any atom is -0.497 e. The van der Waals surface area contributed by atoms with E-state index in [2.05, 4.69) is 61.1 Å². The molecule has 9 heteroatoms. The number of hydrogen-bond donors (Lipinski definition) is 1. The van der Waals surface area contributed by atoms with Gasteiger partial charge in [0.2, 0.25) is 5.95 Å². The molecule has 0 bridgehead atoms. The Balaban J connectivity index is 1.38. The van der Waals surface area contributed by atoms with E-state index in [1.54, 1.807) is 25.6 Å². The van der Waals surface area contributed by atoms with E-state index in [9.17, 15) is 4.79 Å². The fourth-order valence-corrected chi connectivity index (χ4v) is 4.65. The number of nitrogens with zero attached hydrogens (tertiary/aromatic N) is 6. The van der Waals surface area contributed by atoms with E-state index in [0.29, 0.717) is 43.3 Å². The van der Waals surface area contributed by atoms with E-state index >= 15 is 0 Å². The van der Waals surface area contributed by atoms with E-state index in [4.69, 9.17) is 14.7 Å². The van der Waals surface area contributed by atoms with E-state index in [0.717, 1.165) is 28.3 Å². The van der Waals surface area contributed by atoms with E-state index in [1.165, 1.54) is 5.56 Å². The monoisotopic (exact) mass is 513 g/mol. The molecule has 5 rings (SSSR count). The Morgan fingerprint density at radius 1 is 1.00 bits per heavy atom. The molecule has 1 amide bonds. The smallest absolute Gasteiger partial charge is 0.253 e. The highest BCUT2D eigenvalue weighted by atomic mass is 16.5. The topological polar surface area (TPSA) is 88.4 Å². The largest absolute Gasteiger partial charge is 0.497 e. The summed E-state index contributed by atoms with van der Waals surface area (Å²) < 4.78 is 7.15. The van der Waals surface area contributed by atoms with E-state index in [-0.39, 0.29) is 11.3 Å². The molecule has 4 aromatic rings. The predicted octanol–water partition coefficient (Wildman–Crippen LogP) is 4.68. The SMILES string of the molecule is COc1ccc(C(=O)N2CCN(c3nc(Nc4cc(C(C)(C)C)ccc4C)c4c(ncn4C)n3)CC2)cc1. The van der Waals surface area contributed by atoms with Crippen molar-refractivity contribution in [3.8, 4) is 5.75 Å². The van der Waals surface area contributed by atoms with Crippen LogP contribution in [0, 0.1) is 6.92 Å². The molecule has 0 radical (unpaired) electrons. The van der Waals surface area contributed by atoms with Crippen LogP contribution in [-0.2, 0) is 12.5 Å². The van der Waals surface area contributed by atoms with Gasteiger partial charge in [0, 0.05) is 44.5 Å². The first-order valence-electron chi connectivity index (χ1n) is 12.9. The maximum atomic E-state index is 13.0. The van der Waals surface area contributed by atoms with Gasteiger partial charge in [0.25, 0.3) is 5.91 Å². The molecule has 2 aromatic heterocycles. The Morgan fingerprint density at radius 2 is 1.71 bits per heavy atom. The van der Waals surface area contributed by atoms with Gasteiger partial charge in [-0.1, -0.05) is 32.9 Å². The van der Waals surface area contributed by atoms with Crippen LogP contribution in [0.5, 0.6) is 5.75 Å². The second kappa shape index (κ2) is 9.96. The standard InChI is InChI=1S/C29H35N7O2/c1-19-7-10-21(29(2,3)4)17-23(19)31-26-24-25(30-18-34(24)5)32-28(33-26)36-15-13-35(14-16-36)27(37)20-8-11-22(38-6)12-9-20/h7-12,17-18H,13-16H2,1-6H3,(H,31,32,33). The van der Waals surface area contributed by atoms with Crippen molar-refractivity contribution in [2.75, 3.05) is 43.5 Å². The zero-order valence-electron chi connectivity index (χ0n) is 22.9. The Kier molecular flexibility index (Phi) is 6.69. The molecule has 1 aliphatic heterocycles. The molecular weight excluding hydrogens is 478 g/mol. The maximum Gasteiger partial charge on any atom is 0.253 e. The Hall–Kier alpha value is -4.14. The van der Waals surface area contributed by atoms with Gasteiger partial charge < -0.3 is 24.4 Å². The van der Waals surface area contributed by atoms with Crippen LogP contribution in [-0.4, -0.2) is 63.6 Å². The number of aromatic nitrogens is 4. The number of fused-ring (bicyclic) bond motifs is 1. The van der Waals surface area contributed by atoms with Gasteiger partial charge in [-0.3, -0.25) is 4.79 Å². The molecule has 9 nitrogen and oxygen atoms in total. The molecule has 0 spiro atoms. The van der Waals surface area contributed by atoms with Crippen LogP contribution >= 0.6 is 0 Å². The van der Waals surface area contributed by atoms with Crippen LogP contribution in [0.25, 0.3) is 11.2 Å². The number of rotatable bonds is 5. The number of carbonyl (C=O) groups excluding carboxylic acids is 1. The molecule has 38 heavy (non-hydrogen) atoms. The molecular formula is C29H35N7O2. The lowest BCUT2D eigenvalue weighted by Gasteiger charge is -2.35. The molecule has 1 N–H and O–H groups in total. The second-order valence-electron chi connectivity index (χ2n) is 10.8. The molecule has 3 heterocycles. The summed E-state index contributed by atoms with van der Waals surface area (Å²) in [4.78, 5) is 31.3. The van der Waals surface area contributed by atoms with Gasteiger partial charge in [0.05, 0.1) is 13.4 Å². The maximum absolute atomic E-state index is 13.0. The molecule has 198 valence electrons. The highest BCUT2D eigenvalue weighted by molar-refractivity contribution is 5.94. The molecule has 1 aliphatic rings. The summed E-state index contributed by atoms with van der Waals surface area (Å²) in [6.07, 6.45) is 1.76. The van der Waals surface area contributed by atoms with Gasteiger partial charge in [-0.15, -0.1) is 0 Å². The lowest BCUT2D eigenvalue weighted by Crippen LogP contribution is -2.49. The molecule has 0 unspecified atom stereocenters. The van der Waals surface area contributed by atoms with Crippen molar-refractivity contribution in [3.05, 3.63) is 65.5 Å². The zero-order chi connectivity index (χ0) is 27.0. The Morgan fingerprint density at radius 3 is 2.37 bits per heavy atom. The number of ether oxygens (including phenoxy) is 1. The minimum absolute atomic E-state index is 0.0185. The summed E-state index contributed by atoms with van der Waals surface area (Å²) in [6, 6.07) is 13.8. The van der Waals surface area contributed by atoms with Crippen LogP contribution < -0.4 is 15.0 Å². The third-order valence-electron chi connectivity index (χ3n) is 7.10. The van der Waals surface area contributed by atoms with Crippen LogP contribution in [0.1, 0.15) is 42.3 Å². The average molecular weight is 514 g/mol. The molecule has 0 aliphatic carbocycles. The summed E-state index contributed by atoms with van der Waals surface area (Å²) in [5.41, 5.74) is 5.58. The van der Waals surface area contributed by atoms with Gasteiger partial charge >= 0.3 is 0 Å². The van der Waals surface area contributed by atoms with Crippen molar-refractivity contribution >= 4 is 34.5 Å². The number of carbonyl (C=O) groups is 1. The first-order valence-corrected chi connectivity index (χ1v) is 12.9.